The lowest BCUT2D eigenvalue weighted by molar-refractivity contribution is -0.121. The average Bonchev–Trinajstić information content (AvgIpc) is 2.75. The molecule has 1 amide bonds. The molecular weight excluding hydrogens is 323 g/mol. The third-order valence-corrected chi connectivity index (χ3v) is 3.33. The Morgan fingerprint density at radius 3 is 2.68 bits per heavy atom. The Bertz CT molecular complexity index is 586. The van der Waals surface area contributed by atoms with Crippen molar-refractivity contribution < 1.29 is 4.79 Å². The Kier molecular flexibility index (Phi) is 9.81. The van der Waals surface area contributed by atoms with Gasteiger partial charge in [0.1, 0.15) is 5.82 Å². The molecule has 7 heteroatoms. The number of nitrogens with zero attached hydrogens (tertiary/aromatic N) is 2. The number of para-hydroxylation sites is 2. The number of imidazole rings is 1. The second-order valence-electron chi connectivity index (χ2n) is 4.86. The summed E-state index contributed by atoms with van der Waals surface area (Å²) in [5.41, 5.74) is 2.12. The number of amides is 1. The van der Waals surface area contributed by atoms with Gasteiger partial charge in [-0.3, -0.25) is 4.79 Å². The maximum Gasteiger partial charge on any atom is 0.220 e. The Labute approximate surface area is 143 Å². The third kappa shape index (κ3) is 5.48. The van der Waals surface area contributed by atoms with E-state index in [1.807, 2.05) is 32.2 Å². The molecule has 0 saturated carbocycles. The van der Waals surface area contributed by atoms with Crippen molar-refractivity contribution in [2.24, 2.45) is 0 Å². The van der Waals surface area contributed by atoms with Crippen molar-refractivity contribution in [2.75, 3.05) is 20.1 Å². The molecule has 124 valence electrons. The van der Waals surface area contributed by atoms with Crippen LogP contribution in [0.5, 0.6) is 0 Å². The summed E-state index contributed by atoms with van der Waals surface area (Å²) >= 11 is 0. The van der Waals surface area contributed by atoms with E-state index < -0.39 is 0 Å². The summed E-state index contributed by atoms with van der Waals surface area (Å²) in [7, 11) is 1.89. The normalized spacial score (nSPS) is 9.91. The van der Waals surface area contributed by atoms with Crippen LogP contribution in [0.25, 0.3) is 11.0 Å². The van der Waals surface area contributed by atoms with E-state index in [0.717, 1.165) is 36.4 Å². The minimum absolute atomic E-state index is 0. The summed E-state index contributed by atoms with van der Waals surface area (Å²) in [6, 6.07) is 8.07. The number of aromatic nitrogens is 2. The highest BCUT2D eigenvalue weighted by atomic mass is 35.5. The minimum atomic E-state index is 0. The molecule has 0 aliphatic heterocycles. The molecule has 1 aromatic heterocycles. The number of nitrogens with one attached hydrogen (secondary N) is 2. The van der Waals surface area contributed by atoms with Crippen molar-refractivity contribution in [3.63, 3.8) is 0 Å². The molecule has 22 heavy (non-hydrogen) atoms. The minimum Gasteiger partial charge on any atom is -0.354 e. The van der Waals surface area contributed by atoms with E-state index >= 15 is 0 Å². The molecule has 0 aliphatic carbocycles. The molecule has 0 spiro atoms. The molecule has 5 nitrogen and oxygen atoms in total. The van der Waals surface area contributed by atoms with Gasteiger partial charge in [0.2, 0.25) is 5.91 Å². The van der Waals surface area contributed by atoms with Gasteiger partial charge < -0.3 is 15.2 Å². The topological polar surface area (TPSA) is 59.0 Å². The number of carbonyl (C=O) groups excluding carboxylic acids is 1. The Balaban J connectivity index is 0.00000220. The average molecular weight is 347 g/mol. The quantitative estimate of drug-likeness (QED) is 0.756. The summed E-state index contributed by atoms with van der Waals surface area (Å²) < 4.78 is 2.14. The highest BCUT2D eigenvalue weighted by Crippen LogP contribution is 2.14. The molecule has 0 saturated heterocycles. The zero-order valence-electron chi connectivity index (χ0n) is 13.0. The molecule has 0 radical (unpaired) electrons. The number of aryl methyl sites for hydroxylation is 1. The van der Waals surface area contributed by atoms with Crippen LogP contribution in [0.15, 0.2) is 24.3 Å². The lowest BCUT2D eigenvalue weighted by atomic mass is 10.3. The van der Waals surface area contributed by atoms with E-state index in [0.29, 0.717) is 13.0 Å². The van der Waals surface area contributed by atoms with Crippen LogP contribution in [-0.2, 0) is 11.3 Å². The van der Waals surface area contributed by atoms with Crippen LogP contribution < -0.4 is 10.6 Å². The lowest BCUT2D eigenvalue weighted by Crippen LogP contribution is -2.27. The van der Waals surface area contributed by atoms with Crippen LogP contribution in [0.2, 0.25) is 0 Å². The molecule has 1 aromatic carbocycles. The third-order valence-electron chi connectivity index (χ3n) is 3.33. The number of carbonyl (C=O) groups is 1. The van der Waals surface area contributed by atoms with Gasteiger partial charge in [0, 0.05) is 19.5 Å². The second kappa shape index (κ2) is 10.4. The first-order chi connectivity index (χ1) is 9.72. The van der Waals surface area contributed by atoms with E-state index in [-0.39, 0.29) is 30.7 Å². The molecule has 0 atom stereocenters. The van der Waals surface area contributed by atoms with E-state index in [1.165, 1.54) is 0 Å². The molecule has 0 unspecified atom stereocenters. The highest BCUT2D eigenvalue weighted by molar-refractivity contribution is 5.85. The van der Waals surface area contributed by atoms with Crippen molar-refractivity contribution in [3.05, 3.63) is 30.1 Å². The number of hydrogen-bond acceptors (Lipinski definition) is 3. The van der Waals surface area contributed by atoms with Crippen molar-refractivity contribution in [2.45, 2.75) is 26.3 Å². The first-order valence-corrected chi connectivity index (χ1v) is 7.05. The predicted octanol–water partition coefficient (Wildman–Crippen LogP) is 2.30. The van der Waals surface area contributed by atoms with Gasteiger partial charge in [-0.1, -0.05) is 12.1 Å². The monoisotopic (exact) mass is 346 g/mol. The van der Waals surface area contributed by atoms with Crippen molar-refractivity contribution in [1.82, 2.24) is 20.2 Å². The van der Waals surface area contributed by atoms with Crippen molar-refractivity contribution >= 4 is 41.8 Å². The molecular formula is C15H24Cl2N4O. The number of benzene rings is 1. The van der Waals surface area contributed by atoms with Crippen LogP contribution in [0, 0.1) is 6.92 Å². The maximum atomic E-state index is 11.6. The molecule has 2 N–H and O–H groups in total. The molecule has 2 rings (SSSR count). The summed E-state index contributed by atoms with van der Waals surface area (Å²) in [5, 5.41) is 5.99. The summed E-state index contributed by atoms with van der Waals surface area (Å²) in [6.45, 7) is 4.26. The molecule has 0 aliphatic rings. The van der Waals surface area contributed by atoms with Crippen LogP contribution in [0.3, 0.4) is 0 Å². The SMILES string of the molecule is CNCCCC(=O)NCCn1c(C)nc2ccccc21.Cl.Cl. The van der Waals surface area contributed by atoms with Crippen LogP contribution in [-0.4, -0.2) is 35.6 Å². The van der Waals surface area contributed by atoms with Gasteiger partial charge in [0.25, 0.3) is 0 Å². The summed E-state index contributed by atoms with van der Waals surface area (Å²) in [4.78, 5) is 16.1. The van der Waals surface area contributed by atoms with Crippen molar-refractivity contribution in [3.8, 4) is 0 Å². The van der Waals surface area contributed by atoms with Gasteiger partial charge in [0.05, 0.1) is 11.0 Å². The Hall–Kier alpha value is -1.30. The molecule has 0 fully saturated rings. The van der Waals surface area contributed by atoms with E-state index in [4.69, 9.17) is 0 Å². The van der Waals surface area contributed by atoms with Gasteiger partial charge in [-0.2, -0.15) is 0 Å². The fourth-order valence-electron chi connectivity index (χ4n) is 2.30. The first kappa shape index (κ1) is 20.7. The summed E-state index contributed by atoms with van der Waals surface area (Å²) in [5.74, 6) is 1.10. The summed E-state index contributed by atoms with van der Waals surface area (Å²) in [6.07, 6.45) is 1.44. The number of hydrogen-bond donors (Lipinski definition) is 2. The largest absolute Gasteiger partial charge is 0.354 e. The lowest BCUT2D eigenvalue weighted by Gasteiger charge is -2.08. The Morgan fingerprint density at radius 1 is 1.23 bits per heavy atom. The molecule has 2 aromatic rings. The Morgan fingerprint density at radius 2 is 1.95 bits per heavy atom. The number of halogens is 2. The second-order valence-corrected chi connectivity index (χ2v) is 4.86. The number of rotatable bonds is 7. The van der Waals surface area contributed by atoms with Crippen LogP contribution in [0.1, 0.15) is 18.7 Å². The standard InChI is InChI=1S/C15H22N4O.2ClH/c1-12-18-13-6-3-4-7-14(13)19(12)11-10-17-15(20)8-5-9-16-2;;/h3-4,6-7,16H,5,8-11H2,1-2H3,(H,17,20);2*1H. The van der Waals surface area contributed by atoms with Gasteiger partial charge >= 0.3 is 0 Å². The van der Waals surface area contributed by atoms with E-state index in [2.05, 4.69) is 26.3 Å². The first-order valence-electron chi connectivity index (χ1n) is 7.05. The van der Waals surface area contributed by atoms with Crippen LogP contribution in [0.4, 0.5) is 0 Å². The van der Waals surface area contributed by atoms with Gasteiger partial charge in [-0.15, -0.1) is 24.8 Å². The van der Waals surface area contributed by atoms with E-state index in [1.54, 1.807) is 0 Å². The fraction of sp³-hybridized carbons (Fsp3) is 0.467. The predicted molar refractivity (Wildman–Crippen MR) is 95.1 cm³/mol. The fourth-order valence-corrected chi connectivity index (χ4v) is 2.30. The van der Waals surface area contributed by atoms with Crippen molar-refractivity contribution in [1.29, 1.82) is 0 Å². The van der Waals surface area contributed by atoms with E-state index in [9.17, 15) is 4.79 Å². The number of fused-ring (bicyclic) bond motifs is 1. The smallest absolute Gasteiger partial charge is 0.220 e. The van der Waals surface area contributed by atoms with Crippen LogP contribution >= 0.6 is 24.8 Å². The van der Waals surface area contributed by atoms with Gasteiger partial charge in [-0.25, -0.2) is 4.98 Å². The zero-order valence-corrected chi connectivity index (χ0v) is 14.6. The zero-order chi connectivity index (χ0) is 14.4. The van der Waals surface area contributed by atoms with Gasteiger partial charge in [-0.05, 0) is 39.1 Å². The maximum absolute atomic E-state index is 11.6. The molecule has 1 heterocycles. The highest BCUT2D eigenvalue weighted by Gasteiger charge is 2.06. The van der Waals surface area contributed by atoms with Gasteiger partial charge in [0.15, 0.2) is 0 Å². The molecule has 0 bridgehead atoms.